The van der Waals surface area contributed by atoms with Crippen molar-refractivity contribution in [3.05, 3.63) is 11.4 Å². The van der Waals surface area contributed by atoms with Gasteiger partial charge in [0.15, 0.2) is 0 Å². The van der Waals surface area contributed by atoms with Crippen molar-refractivity contribution in [3.8, 4) is 0 Å². The van der Waals surface area contributed by atoms with Crippen molar-refractivity contribution in [2.45, 2.75) is 53.0 Å². The average molecular weight is 248 g/mol. The van der Waals surface area contributed by atoms with Crippen LogP contribution >= 0.6 is 0 Å². The maximum absolute atomic E-state index is 4.65. The van der Waals surface area contributed by atoms with Crippen molar-refractivity contribution in [2.24, 2.45) is 5.41 Å². The normalized spacial score (nSPS) is 20.6. The molecule has 1 aromatic heterocycles. The summed E-state index contributed by atoms with van der Waals surface area (Å²) in [6, 6.07) is 0.547. The van der Waals surface area contributed by atoms with Gasteiger partial charge in [-0.25, -0.2) is 9.97 Å². The molecule has 0 aliphatic heterocycles. The summed E-state index contributed by atoms with van der Waals surface area (Å²) in [6.45, 7) is 8.79. The molecule has 1 heterocycles. The third-order valence-corrected chi connectivity index (χ3v) is 3.73. The van der Waals surface area contributed by atoms with Crippen molar-refractivity contribution < 1.29 is 0 Å². The summed E-state index contributed by atoms with van der Waals surface area (Å²) in [7, 11) is 1.91. The molecule has 1 aliphatic rings. The first-order valence-electron chi connectivity index (χ1n) is 6.79. The molecule has 18 heavy (non-hydrogen) atoms. The first-order chi connectivity index (χ1) is 8.47. The summed E-state index contributed by atoms with van der Waals surface area (Å²) in [5.41, 5.74) is 1.52. The summed E-state index contributed by atoms with van der Waals surface area (Å²) >= 11 is 0. The minimum Gasteiger partial charge on any atom is -0.373 e. The molecule has 0 amide bonds. The molecule has 1 aromatic rings. The Morgan fingerprint density at radius 3 is 2.39 bits per heavy atom. The predicted molar refractivity (Wildman–Crippen MR) is 76.1 cm³/mol. The van der Waals surface area contributed by atoms with Crippen LogP contribution in [0.1, 0.15) is 45.0 Å². The SMILES string of the molecule is CCCc1nc(NC)c(C)c(NC2CC2(C)C)n1. The molecule has 0 radical (unpaired) electrons. The Balaban J connectivity index is 2.24. The lowest BCUT2D eigenvalue weighted by molar-refractivity contribution is 0.629. The molecular weight excluding hydrogens is 224 g/mol. The third-order valence-electron chi connectivity index (χ3n) is 3.73. The Morgan fingerprint density at radius 1 is 1.28 bits per heavy atom. The number of aryl methyl sites for hydroxylation is 1. The van der Waals surface area contributed by atoms with E-state index in [1.807, 2.05) is 7.05 Å². The summed E-state index contributed by atoms with van der Waals surface area (Å²) in [6.07, 6.45) is 3.21. The molecule has 100 valence electrons. The van der Waals surface area contributed by atoms with Crippen LogP contribution in [-0.4, -0.2) is 23.1 Å². The topological polar surface area (TPSA) is 49.8 Å². The Kier molecular flexibility index (Phi) is 3.46. The van der Waals surface area contributed by atoms with Gasteiger partial charge in [-0.05, 0) is 25.2 Å². The lowest BCUT2D eigenvalue weighted by Crippen LogP contribution is -2.14. The van der Waals surface area contributed by atoms with E-state index in [0.29, 0.717) is 11.5 Å². The smallest absolute Gasteiger partial charge is 0.135 e. The Labute approximate surface area is 110 Å². The van der Waals surface area contributed by atoms with Gasteiger partial charge < -0.3 is 10.6 Å². The standard InChI is InChI=1S/C14H24N4/c1-6-7-11-17-12(15-5)9(2)13(18-11)16-10-8-14(10,3)4/h10H,6-8H2,1-5H3,(H2,15,16,17,18). The van der Waals surface area contributed by atoms with Crippen LogP contribution < -0.4 is 10.6 Å². The molecule has 1 unspecified atom stereocenters. The lowest BCUT2D eigenvalue weighted by atomic mass is 10.2. The van der Waals surface area contributed by atoms with E-state index >= 15 is 0 Å². The van der Waals surface area contributed by atoms with E-state index < -0.39 is 0 Å². The van der Waals surface area contributed by atoms with Crippen molar-refractivity contribution in [3.63, 3.8) is 0 Å². The highest BCUT2D eigenvalue weighted by Gasteiger charge is 2.46. The van der Waals surface area contributed by atoms with Gasteiger partial charge in [-0.2, -0.15) is 0 Å². The van der Waals surface area contributed by atoms with E-state index in [0.717, 1.165) is 35.9 Å². The van der Waals surface area contributed by atoms with Gasteiger partial charge in [-0.1, -0.05) is 20.8 Å². The number of rotatable bonds is 5. The molecule has 4 heteroatoms. The van der Waals surface area contributed by atoms with Gasteiger partial charge in [0.2, 0.25) is 0 Å². The molecule has 1 fully saturated rings. The molecule has 0 spiro atoms. The summed E-state index contributed by atoms with van der Waals surface area (Å²) in [5, 5.41) is 6.71. The van der Waals surface area contributed by atoms with Crippen molar-refractivity contribution in [1.82, 2.24) is 9.97 Å². The van der Waals surface area contributed by atoms with Gasteiger partial charge in [0, 0.05) is 25.1 Å². The summed E-state index contributed by atoms with van der Waals surface area (Å²) in [5.74, 6) is 2.86. The van der Waals surface area contributed by atoms with Gasteiger partial charge in [0.05, 0.1) is 0 Å². The number of hydrogen-bond donors (Lipinski definition) is 2. The zero-order valence-electron chi connectivity index (χ0n) is 12.1. The van der Waals surface area contributed by atoms with E-state index in [9.17, 15) is 0 Å². The van der Waals surface area contributed by atoms with Crippen LogP contribution in [0.25, 0.3) is 0 Å². The first kappa shape index (κ1) is 13.1. The van der Waals surface area contributed by atoms with Gasteiger partial charge in [0.1, 0.15) is 17.5 Å². The molecular formula is C14H24N4. The maximum atomic E-state index is 4.65. The number of aromatic nitrogens is 2. The van der Waals surface area contributed by atoms with E-state index in [1.54, 1.807) is 0 Å². The number of nitrogens with zero attached hydrogens (tertiary/aromatic N) is 2. The fourth-order valence-corrected chi connectivity index (χ4v) is 2.16. The van der Waals surface area contributed by atoms with Crippen LogP contribution in [0.5, 0.6) is 0 Å². The molecule has 2 N–H and O–H groups in total. The molecule has 2 rings (SSSR count). The first-order valence-corrected chi connectivity index (χ1v) is 6.79. The molecule has 1 saturated carbocycles. The van der Waals surface area contributed by atoms with Gasteiger partial charge in [0.25, 0.3) is 0 Å². The van der Waals surface area contributed by atoms with E-state index in [4.69, 9.17) is 0 Å². The van der Waals surface area contributed by atoms with Gasteiger partial charge >= 0.3 is 0 Å². The van der Waals surface area contributed by atoms with Crippen molar-refractivity contribution in [2.75, 3.05) is 17.7 Å². The van der Waals surface area contributed by atoms with Crippen LogP contribution in [0.4, 0.5) is 11.6 Å². The van der Waals surface area contributed by atoms with Crippen LogP contribution in [0, 0.1) is 12.3 Å². The van der Waals surface area contributed by atoms with Crippen LogP contribution in [0.2, 0.25) is 0 Å². The fourth-order valence-electron chi connectivity index (χ4n) is 2.16. The maximum Gasteiger partial charge on any atom is 0.135 e. The number of nitrogens with one attached hydrogen (secondary N) is 2. The van der Waals surface area contributed by atoms with Crippen molar-refractivity contribution in [1.29, 1.82) is 0 Å². The van der Waals surface area contributed by atoms with Gasteiger partial charge in [-0.3, -0.25) is 0 Å². The van der Waals surface area contributed by atoms with E-state index in [-0.39, 0.29) is 0 Å². The highest BCUT2D eigenvalue weighted by Crippen LogP contribution is 2.46. The van der Waals surface area contributed by atoms with E-state index in [2.05, 4.69) is 48.3 Å². The van der Waals surface area contributed by atoms with Crippen LogP contribution in [0.15, 0.2) is 0 Å². The summed E-state index contributed by atoms with van der Waals surface area (Å²) < 4.78 is 0. The highest BCUT2D eigenvalue weighted by atomic mass is 15.1. The largest absolute Gasteiger partial charge is 0.373 e. The third kappa shape index (κ3) is 2.57. The monoisotopic (exact) mass is 248 g/mol. The predicted octanol–water partition coefficient (Wildman–Crippen LogP) is 2.99. The lowest BCUT2D eigenvalue weighted by Gasteiger charge is -2.14. The molecule has 0 bridgehead atoms. The fraction of sp³-hybridized carbons (Fsp3) is 0.714. The van der Waals surface area contributed by atoms with Crippen LogP contribution in [-0.2, 0) is 6.42 Å². The molecule has 4 nitrogen and oxygen atoms in total. The molecule has 1 aliphatic carbocycles. The second-order valence-corrected chi connectivity index (χ2v) is 5.85. The molecule has 1 atom stereocenters. The quantitative estimate of drug-likeness (QED) is 0.841. The zero-order valence-corrected chi connectivity index (χ0v) is 12.1. The second-order valence-electron chi connectivity index (χ2n) is 5.85. The Morgan fingerprint density at radius 2 is 1.89 bits per heavy atom. The minimum atomic E-state index is 0.405. The Bertz CT molecular complexity index is 440. The number of anilines is 2. The second kappa shape index (κ2) is 4.75. The molecule has 0 aromatic carbocycles. The molecule has 0 saturated heterocycles. The average Bonchev–Trinajstić information content (AvgIpc) is 2.90. The zero-order chi connectivity index (χ0) is 13.3. The minimum absolute atomic E-state index is 0.405. The van der Waals surface area contributed by atoms with E-state index in [1.165, 1.54) is 6.42 Å². The van der Waals surface area contributed by atoms with Gasteiger partial charge in [-0.15, -0.1) is 0 Å². The van der Waals surface area contributed by atoms with Crippen molar-refractivity contribution >= 4 is 11.6 Å². The Hall–Kier alpha value is -1.32. The summed E-state index contributed by atoms with van der Waals surface area (Å²) in [4.78, 5) is 9.20. The highest BCUT2D eigenvalue weighted by molar-refractivity contribution is 5.58. The van der Waals surface area contributed by atoms with Crippen LogP contribution in [0.3, 0.4) is 0 Å². The number of hydrogen-bond acceptors (Lipinski definition) is 4.